The Morgan fingerprint density at radius 1 is 1.00 bits per heavy atom. The molecule has 7 heteroatoms. The van der Waals surface area contributed by atoms with Crippen molar-refractivity contribution in [2.24, 2.45) is 0 Å². The van der Waals surface area contributed by atoms with Crippen molar-refractivity contribution in [3.63, 3.8) is 0 Å². The van der Waals surface area contributed by atoms with Crippen molar-refractivity contribution >= 4 is 11.9 Å². The number of nitrogens with zero attached hydrogens (tertiary/aromatic N) is 6. The van der Waals surface area contributed by atoms with Gasteiger partial charge in [-0.05, 0) is 12.8 Å². The third-order valence-corrected chi connectivity index (χ3v) is 2.85. The minimum atomic E-state index is 0.228. The van der Waals surface area contributed by atoms with E-state index in [9.17, 15) is 0 Å². The van der Waals surface area contributed by atoms with E-state index >= 15 is 0 Å². The first-order valence-electron chi connectivity index (χ1n) is 5.85. The van der Waals surface area contributed by atoms with Crippen LogP contribution in [-0.2, 0) is 0 Å². The van der Waals surface area contributed by atoms with Gasteiger partial charge in [0.15, 0.2) is 5.82 Å². The van der Waals surface area contributed by atoms with E-state index in [-0.39, 0.29) is 5.95 Å². The van der Waals surface area contributed by atoms with Gasteiger partial charge >= 0.3 is 0 Å². The molecule has 0 bridgehead atoms. The minimum absolute atomic E-state index is 0.228. The summed E-state index contributed by atoms with van der Waals surface area (Å²) in [4.78, 5) is 22.8. The van der Waals surface area contributed by atoms with Gasteiger partial charge < -0.3 is 10.6 Å². The molecule has 1 saturated heterocycles. The second-order valence-electron chi connectivity index (χ2n) is 4.14. The molecule has 2 N–H and O–H groups in total. The zero-order valence-electron chi connectivity index (χ0n) is 9.82. The van der Waals surface area contributed by atoms with Crippen LogP contribution in [0.2, 0.25) is 0 Å². The molecule has 0 aromatic carbocycles. The molecule has 0 radical (unpaired) electrons. The number of nitrogens with two attached hydrogens (primary N) is 1. The Morgan fingerprint density at radius 2 is 1.72 bits per heavy atom. The van der Waals surface area contributed by atoms with E-state index in [1.807, 2.05) is 0 Å². The smallest absolute Gasteiger partial charge is 0.230 e. The van der Waals surface area contributed by atoms with Gasteiger partial charge in [0.25, 0.3) is 0 Å². The van der Waals surface area contributed by atoms with Crippen LogP contribution in [0, 0.1) is 0 Å². The summed E-state index contributed by atoms with van der Waals surface area (Å²) in [5.74, 6) is 1.38. The molecule has 0 spiro atoms. The van der Waals surface area contributed by atoms with Crippen molar-refractivity contribution in [2.45, 2.75) is 12.8 Å². The third-order valence-electron chi connectivity index (χ3n) is 2.85. The third kappa shape index (κ3) is 2.06. The van der Waals surface area contributed by atoms with Crippen LogP contribution in [-0.4, -0.2) is 38.0 Å². The molecule has 3 rings (SSSR count). The normalized spacial score (nSPS) is 15.0. The monoisotopic (exact) mass is 243 g/mol. The van der Waals surface area contributed by atoms with Crippen LogP contribution in [0.1, 0.15) is 12.8 Å². The lowest BCUT2D eigenvalue weighted by Crippen LogP contribution is -2.21. The van der Waals surface area contributed by atoms with Crippen LogP contribution in [0.25, 0.3) is 11.4 Å². The first-order chi connectivity index (χ1) is 8.83. The highest BCUT2D eigenvalue weighted by Gasteiger charge is 2.17. The largest absolute Gasteiger partial charge is 0.368 e. The molecule has 0 aliphatic carbocycles. The molecule has 1 aliphatic heterocycles. The van der Waals surface area contributed by atoms with E-state index in [0.29, 0.717) is 11.8 Å². The Morgan fingerprint density at radius 3 is 2.44 bits per heavy atom. The Kier molecular flexibility index (Phi) is 2.71. The van der Waals surface area contributed by atoms with Gasteiger partial charge in [-0.3, -0.25) is 0 Å². The van der Waals surface area contributed by atoms with Crippen molar-refractivity contribution in [3.05, 3.63) is 18.7 Å². The topological polar surface area (TPSA) is 93.7 Å². The molecule has 0 saturated carbocycles. The van der Waals surface area contributed by atoms with Crippen molar-refractivity contribution in [2.75, 3.05) is 23.7 Å². The van der Waals surface area contributed by atoms with E-state index in [4.69, 9.17) is 5.73 Å². The molecular weight excluding hydrogens is 230 g/mol. The summed E-state index contributed by atoms with van der Waals surface area (Å²) >= 11 is 0. The van der Waals surface area contributed by atoms with E-state index in [0.717, 1.165) is 31.5 Å². The van der Waals surface area contributed by atoms with Crippen molar-refractivity contribution < 1.29 is 0 Å². The first-order valence-corrected chi connectivity index (χ1v) is 5.85. The molecule has 2 aromatic rings. The van der Waals surface area contributed by atoms with E-state index < -0.39 is 0 Å². The predicted molar refractivity (Wildman–Crippen MR) is 66.7 cm³/mol. The van der Waals surface area contributed by atoms with Gasteiger partial charge in [0, 0.05) is 25.5 Å². The Balaban J connectivity index is 2.00. The molecule has 0 unspecified atom stereocenters. The van der Waals surface area contributed by atoms with Gasteiger partial charge in [0.2, 0.25) is 11.9 Å². The highest BCUT2D eigenvalue weighted by atomic mass is 15.3. The molecule has 18 heavy (non-hydrogen) atoms. The number of nitrogen functional groups attached to an aromatic ring is 1. The maximum atomic E-state index is 5.73. The maximum Gasteiger partial charge on any atom is 0.230 e. The summed E-state index contributed by atoms with van der Waals surface area (Å²) in [6.07, 6.45) is 7.12. The molecule has 7 nitrogen and oxygen atoms in total. The van der Waals surface area contributed by atoms with Gasteiger partial charge in [0.05, 0.1) is 5.56 Å². The minimum Gasteiger partial charge on any atom is -0.368 e. The fourth-order valence-corrected chi connectivity index (χ4v) is 1.98. The fourth-order valence-electron chi connectivity index (χ4n) is 1.98. The molecule has 0 atom stereocenters. The Labute approximate surface area is 104 Å². The van der Waals surface area contributed by atoms with E-state index in [1.54, 1.807) is 12.4 Å². The fraction of sp³-hybridized carbons (Fsp3) is 0.364. The highest BCUT2D eigenvalue weighted by molar-refractivity contribution is 5.55. The summed E-state index contributed by atoms with van der Waals surface area (Å²) in [6.45, 7) is 1.93. The van der Waals surface area contributed by atoms with E-state index in [1.165, 1.54) is 6.33 Å². The van der Waals surface area contributed by atoms with Gasteiger partial charge in [-0.2, -0.15) is 15.0 Å². The molecule has 1 fully saturated rings. The van der Waals surface area contributed by atoms with Crippen LogP contribution in [0.15, 0.2) is 18.7 Å². The van der Waals surface area contributed by atoms with Crippen molar-refractivity contribution in [3.8, 4) is 11.4 Å². The van der Waals surface area contributed by atoms with Gasteiger partial charge in [0.1, 0.15) is 6.33 Å². The molecule has 1 aliphatic rings. The molecule has 2 aromatic heterocycles. The predicted octanol–water partition coefficient (Wildman–Crippen LogP) is 0.511. The zero-order chi connectivity index (χ0) is 12.4. The van der Waals surface area contributed by atoms with Gasteiger partial charge in [-0.15, -0.1) is 0 Å². The second kappa shape index (κ2) is 4.52. The van der Waals surface area contributed by atoms with Crippen LogP contribution >= 0.6 is 0 Å². The first kappa shape index (κ1) is 10.8. The number of aromatic nitrogens is 5. The van der Waals surface area contributed by atoms with E-state index in [2.05, 4.69) is 29.8 Å². The van der Waals surface area contributed by atoms with Crippen LogP contribution in [0.5, 0.6) is 0 Å². The standard InChI is InChI=1S/C11H13N7/c12-10-15-9(8-5-13-7-14-6-8)16-11(17-10)18-3-1-2-4-18/h5-7H,1-4H2,(H2,12,15,16,17). The van der Waals surface area contributed by atoms with Crippen molar-refractivity contribution in [1.82, 2.24) is 24.9 Å². The van der Waals surface area contributed by atoms with Gasteiger partial charge in [-0.1, -0.05) is 0 Å². The summed E-state index contributed by atoms with van der Waals surface area (Å²) in [7, 11) is 0. The molecule has 0 amide bonds. The number of hydrogen-bond acceptors (Lipinski definition) is 7. The Hall–Kier alpha value is -2.31. The van der Waals surface area contributed by atoms with Crippen LogP contribution in [0.3, 0.4) is 0 Å². The maximum absolute atomic E-state index is 5.73. The number of hydrogen-bond donors (Lipinski definition) is 1. The second-order valence-corrected chi connectivity index (χ2v) is 4.14. The van der Waals surface area contributed by atoms with Crippen LogP contribution in [0.4, 0.5) is 11.9 Å². The summed E-state index contributed by atoms with van der Waals surface area (Å²) in [6, 6.07) is 0. The zero-order valence-corrected chi connectivity index (χ0v) is 9.82. The lowest BCUT2D eigenvalue weighted by atomic mass is 10.3. The summed E-state index contributed by atoms with van der Waals surface area (Å²) in [5.41, 5.74) is 6.48. The average Bonchev–Trinajstić information content (AvgIpc) is 2.93. The average molecular weight is 243 g/mol. The summed E-state index contributed by atoms with van der Waals surface area (Å²) < 4.78 is 0. The van der Waals surface area contributed by atoms with Gasteiger partial charge in [-0.25, -0.2) is 9.97 Å². The molecule has 92 valence electrons. The van der Waals surface area contributed by atoms with Crippen molar-refractivity contribution in [1.29, 1.82) is 0 Å². The highest BCUT2D eigenvalue weighted by Crippen LogP contribution is 2.20. The Bertz CT molecular complexity index is 536. The molecular formula is C11H13N7. The SMILES string of the molecule is Nc1nc(-c2cncnc2)nc(N2CCCC2)n1. The molecule has 3 heterocycles. The lowest BCUT2D eigenvalue weighted by Gasteiger charge is -2.15. The number of anilines is 2. The summed E-state index contributed by atoms with van der Waals surface area (Å²) in [5, 5.41) is 0. The van der Waals surface area contributed by atoms with Crippen LogP contribution < -0.4 is 10.6 Å². The quantitative estimate of drug-likeness (QED) is 0.821. The number of rotatable bonds is 2. The lowest BCUT2D eigenvalue weighted by molar-refractivity contribution is 0.886.